The zero-order valence-corrected chi connectivity index (χ0v) is 18.2. The lowest BCUT2D eigenvalue weighted by Gasteiger charge is -2.21. The van der Waals surface area contributed by atoms with E-state index in [0.717, 1.165) is 5.69 Å². The van der Waals surface area contributed by atoms with Gasteiger partial charge in [0.05, 0.1) is 23.7 Å². The van der Waals surface area contributed by atoms with E-state index < -0.39 is 10.0 Å². The fourth-order valence-corrected chi connectivity index (χ4v) is 4.42. The number of para-hydroxylation sites is 1. The molecule has 1 amide bonds. The fraction of sp³-hybridized carbons (Fsp3) is 0.381. The van der Waals surface area contributed by atoms with Crippen LogP contribution in [0.3, 0.4) is 0 Å². The first-order valence-electron chi connectivity index (χ1n) is 9.66. The van der Waals surface area contributed by atoms with Crippen LogP contribution in [0.25, 0.3) is 0 Å². The Morgan fingerprint density at radius 1 is 1.03 bits per heavy atom. The molecule has 7 nitrogen and oxygen atoms in total. The maximum atomic E-state index is 12.8. The Bertz CT molecular complexity index is 913. The number of likely N-dealkylation sites (N-methyl/N-ethyl adjacent to an activating group) is 1. The van der Waals surface area contributed by atoms with E-state index in [4.69, 9.17) is 4.74 Å². The highest BCUT2D eigenvalue weighted by atomic mass is 32.2. The minimum atomic E-state index is -3.64. The number of nitrogens with zero attached hydrogens (tertiary/aromatic N) is 2. The number of sulfonamides is 1. The highest BCUT2D eigenvalue weighted by molar-refractivity contribution is 7.89. The average molecular weight is 420 g/mol. The summed E-state index contributed by atoms with van der Waals surface area (Å²) in [4.78, 5) is 14.5. The molecule has 0 unspecified atom stereocenters. The predicted octanol–water partition coefficient (Wildman–Crippen LogP) is 3.19. The van der Waals surface area contributed by atoms with E-state index >= 15 is 0 Å². The molecule has 0 fully saturated rings. The van der Waals surface area contributed by atoms with Crippen LogP contribution >= 0.6 is 0 Å². The summed E-state index contributed by atoms with van der Waals surface area (Å²) in [6.07, 6.45) is 0. The molecule has 0 radical (unpaired) electrons. The van der Waals surface area contributed by atoms with Crippen molar-refractivity contribution in [1.29, 1.82) is 0 Å². The average Bonchev–Trinajstić information content (AvgIpc) is 2.70. The molecule has 0 aliphatic rings. The minimum Gasteiger partial charge on any atom is -0.492 e. The van der Waals surface area contributed by atoms with Crippen molar-refractivity contribution in [3.05, 3.63) is 48.5 Å². The summed E-state index contributed by atoms with van der Waals surface area (Å²) in [5, 5.41) is 2.79. The number of carbonyl (C=O) groups is 1. The van der Waals surface area contributed by atoms with Crippen molar-refractivity contribution < 1.29 is 17.9 Å². The second kappa shape index (κ2) is 10.3. The van der Waals surface area contributed by atoms with Gasteiger partial charge in [0.15, 0.2) is 0 Å². The van der Waals surface area contributed by atoms with Gasteiger partial charge in [-0.1, -0.05) is 32.0 Å². The summed E-state index contributed by atoms with van der Waals surface area (Å²) in [6.45, 7) is 6.66. The standard InChI is InChI=1S/C21H29N3O4S/c1-5-24(6-2)29(26,27)18-13-14-20(28-7-3)19(15-18)22-21(25)16-23(4)17-11-9-8-10-12-17/h8-15H,5-7,16H2,1-4H3,(H,22,25). The van der Waals surface area contributed by atoms with Crippen molar-refractivity contribution in [2.24, 2.45) is 0 Å². The van der Waals surface area contributed by atoms with Gasteiger partial charge in [0, 0.05) is 25.8 Å². The zero-order valence-electron chi connectivity index (χ0n) is 17.4. The van der Waals surface area contributed by atoms with Gasteiger partial charge < -0.3 is 15.0 Å². The number of anilines is 2. The van der Waals surface area contributed by atoms with Crippen LogP contribution in [-0.2, 0) is 14.8 Å². The van der Waals surface area contributed by atoms with Gasteiger partial charge in [-0.3, -0.25) is 4.79 Å². The SMILES string of the molecule is CCOc1ccc(S(=O)(=O)N(CC)CC)cc1NC(=O)CN(C)c1ccccc1. The van der Waals surface area contributed by atoms with E-state index in [2.05, 4.69) is 5.32 Å². The van der Waals surface area contributed by atoms with E-state index in [1.54, 1.807) is 19.9 Å². The first kappa shape index (κ1) is 22.7. The molecule has 0 aliphatic carbocycles. The third kappa shape index (κ3) is 5.71. The summed E-state index contributed by atoms with van der Waals surface area (Å²) in [7, 11) is -1.82. The molecule has 0 heterocycles. The maximum absolute atomic E-state index is 12.8. The molecule has 1 N–H and O–H groups in total. The molecular formula is C21H29N3O4S. The molecule has 0 aromatic heterocycles. The van der Waals surface area contributed by atoms with E-state index in [1.807, 2.05) is 49.2 Å². The molecule has 8 heteroatoms. The number of carbonyl (C=O) groups excluding carboxylic acids is 1. The van der Waals surface area contributed by atoms with Crippen LogP contribution in [0.5, 0.6) is 5.75 Å². The van der Waals surface area contributed by atoms with E-state index in [9.17, 15) is 13.2 Å². The number of ether oxygens (including phenoxy) is 1. The summed E-state index contributed by atoms with van der Waals surface area (Å²) >= 11 is 0. The van der Waals surface area contributed by atoms with E-state index in [1.165, 1.54) is 16.4 Å². The second-order valence-corrected chi connectivity index (χ2v) is 8.36. The third-order valence-corrected chi connectivity index (χ3v) is 6.49. The smallest absolute Gasteiger partial charge is 0.243 e. The van der Waals surface area contributed by atoms with Crippen molar-refractivity contribution >= 4 is 27.3 Å². The van der Waals surface area contributed by atoms with Crippen LogP contribution in [0, 0.1) is 0 Å². The number of hydrogen-bond donors (Lipinski definition) is 1. The zero-order chi connectivity index (χ0) is 21.4. The van der Waals surface area contributed by atoms with E-state index in [0.29, 0.717) is 31.1 Å². The largest absolute Gasteiger partial charge is 0.492 e. The van der Waals surface area contributed by atoms with Gasteiger partial charge >= 0.3 is 0 Å². The van der Waals surface area contributed by atoms with Gasteiger partial charge in [-0.15, -0.1) is 0 Å². The van der Waals surface area contributed by atoms with Crippen molar-refractivity contribution in [3.63, 3.8) is 0 Å². The van der Waals surface area contributed by atoms with Gasteiger partial charge in [-0.05, 0) is 37.3 Å². The molecule has 0 saturated heterocycles. The van der Waals surface area contributed by atoms with Crippen LogP contribution in [0.1, 0.15) is 20.8 Å². The van der Waals surface area contributed by atoms with E-state index in [-0.39, 0.29) is 17.3 Å². The Balaban J connectivity index is 2.26. The Hall–Kier alpha value is -2.58. The fourth-order valence-electron chi connectivity index (χ4n) is 2.94. The summed E-state index contributed by atoms with van der Waals surface area (Å²) in [5.41, 5.74) is 1.25. The molecule has 2 rings (SSSR count). The lowest BCUT2D eigenvalue weighted by Crippen LogP contribution is -2.31. The normalized spacial score (nSPS) is 11.3. The van der Waals surface area contributed by atoms with Crippen LogP contribution in [-0.4, -0.2) is 51.9 Å². The predicted molar refractivity (Wildman–Crippen MR) is 116 cm³/mol. The molecule has 2 aromatic carbocycles. The molecule has 158 valence electrons. The van der Waals surface area contributed by atoms with Gasteiger partial charge in [0.2, 0.25) is 15.9 Å². The third-order valence-electron chi connectivity index (χ3n) is 4.45. The van der Waals surface area contributed by atoms with Gasteiger partial charge in [-0.25, -0.2) is 8.42 Å². The second-order valence-electron chi connectivity index (χ2n) is 6.42. The lowest BCUT2D eigenvalue weighted by molar-refractivity contribution is -0.114. The molecule has 0 bridgehead atoms. The Morgan fingerprint density at radius 3 is 2.28 bits per heavy atom. The molecule has 29 heavy (non-hydrogen) atoms. The van der Waals surface area contributed by atoms with Crippen LogP contribution < -0.4 is 15.0 Å². The Kier molecular flexibility index (Phi) is 8.04. The van der Waals surface area contributed by atoms with Gasteiger partial charge in [-0.2, -0.15) is 4.31 Å². The number of hydrogen-bond acceptors (Lipinski definition) is 5. The highest BCUT2D eigenvalue weighted by Crippen LogP contribution is 2.29. The summed E-state index contributed by atoms with van der Waals surface area (Å²) < 4.78 is 32.6. The number of nitrogens with one attached hydrogen (secondary N) is 1. The minimum absolute atomic E-state index is 0.114. The van der Waals surface area contributed by atoms with Gasteiger partial charge in [0.25, 0.3) is 0 Å². The molecular weight excluding hydrogens is 390 g/mol. The first-order chi connectivity index (χ1) is 13.8. The quantitative estimate of drug-likeness (QED) is 0.640. The number of rotatable bonds is 10. The summed E-state index contributed by atoms with van der Waals surface area (Å²) in [5.74, 6) is 0.163. The van der Waals surface area contributed by atoms with Gasteiger partial charge in [0.1, 0.15) is 5.75 Å². The van der Waals surface area contributed by atoms with Crippen molar-refractivity contribution in [2.75, 3.05) is 43.5 Å². The molecule has 0 aliphatic heterocycles. The topological polar surface area (TPSA) is 79.0 Å². The molecule has 2 aromatic rings. The monoisotopic (exact) mass is 419 g/mol. The molecule has 0 spiro atoms. The van der Waals surface area contributed by atoms with Crippen molar-refractivity contribution in [1.82, 2.24) is 4.31 Å². The number of amides is 1. The Labute approximate surface area is 173 Å². The Morgan fingerprint density at radius 2 is 1.69 bits per heavy atom. The van der Waals surface area contributed by atoms with Crippen LogP contribution in [0.4, 0.5) is 11.4 Å². The molecule has 0 saturated carbocycles. The van der Waals surface area contributed by atoms with Crippen LogP contribution in [0.2, 0.25) is 0 Å². The first-order valence-corrected chi connectivity index (χ1v) is 11.1. The maximum Gasteiger partial charge on any atom is 0.243 e. The van der Waals surface area contributed by atoms with Crippen molar-refractivity contribution in [3.8, 4) is 5.75 Å². The van der Waals surface area contributed by atoms with Crippen LogP contribution in [0.15, 0.2) is 53.4 Å². The molecule has 0 atom stereocenters. The number of benzene rings is 2. The lowest BCUT2D eigenvalue weighted by atomic mass is 10.2. The van der Waals surface area contributed by atoms with Crippen molar-refractivity contribution in [2.45, 2.75) is 25.7 Å². The summed E-state index contributed by atoms with van der Waals surface area (Å²) in [6, 6.07) is 14.1. The highest BCUT2D eigenvalue weighted by Gasteiger charge is 2.23.